The Morgan fingerprint density at radius 2 is 1.00 bits per heavy atom. The Bertz CT molecular complexity index is 571. The van der Waals surface area contributed by atoms with E-state index in [0.717, 1.165) is 32.9 Å². The van der Waals surface area contributed by atoms with Gasteiger partial charge in [0, 0.05) is 10.6 Å². The predicted octanol–water partition coefficient (Wildman–Crippen LogP) is 6.80. The molecule has 6 heteroatoms. The molecule has 2 aromatic carbocycles. The smallest absolute Gasteiger partial charge is 0.0727 e. The highest BCUT2D eigenvalue weighted by Gasteiger charge is 2.20. The van der Waals surface area contributed by atoms with Crippen LogP contribution in [0.1, 0.15) is 11.1 Å². The predicted molar refractivity (Wildman–Crippen MR) is 97.9 cm³/mol. The van der Waals surface area contributed by atoms with Crippen molar-refractivity contribution in [2.24, 2.45) is 0 Å². The van der Waals surface area contributed by atoms with E-state index in [1.807, 2.05) is 50.2 Å². The standard InChI is InChI=1S/C14H12Cl4P2/c1-9-5-3-7-11(19(15)16)13(9)14-10(2)6-4-8-12(14)20(17)18/h3-8H,1-2H3. The van der Waals surface area contributed by atoms with Crippen molar-refractivity contribution in [3.05, 3.63) is 47.5 Å². The van der Waals surface area contributed by atoms with Gasteiger partial charge in [-0.1, -0.05) is 81.4 Å². The Morgan fingerprint density at radius 3 is 1.30 bits per heavy atom. The quantitative estimate of drug-likeness (QED) is 0.511. The van der Waals surface area contributed by atoms with Crippen molar-refractivity contribution in [1.82, 2.24) is 0 Å². The Labute approximate surface area is 141 Å². The summed E-state index contributed by atoms with van der Waals surface area (Å²) in [5, 5.41) is 1.90. The Kier molecular flexibility index (Phi) is 6.01. The molecule has 106 valence electrons. The Balaban J connectivity index is 2.81. The molecule has 2 rings (SSSR count). The van der Waals surface area contributed by atoms with Crippen LogP contribution >= 0.6 is 58.2 Å². The van der Waals surface area contributed by atoms with Crippen LogP contribution in [0.3, 0.4) is 0 Å². The molecule has 0 amide bonds. The molecule has 0 bridgehead atoms. The van der Waals surface area contributed by atoms with Gasteiger partial charge in [-0.05, 0) is 36.1 Å². The van der Waals surface area contributed by atoms with E-state index in [9.17, 15) is 0 Å². The van der Waals surface area contributed by atoms with E-state index in [4.69, 9.17) is 45.0 Å². The zero-order valence-electron chi connectivity index (χ0n) is 10.9. The van der Waals surface area contributed by atoms with E-state index in [1.165, 1.54) is 0 Å². The first-order valence-corrected chi connectivity index (χ1v) is 12.2. The lowest BCUT2D eigenvalue weighted by atomic mass is 9.96. The van der Waals surface area contributed by atoms with Crippen molar-refractivity contribution < 1.29 is 0 Å². The number of aryl methyl sites for hydroxylation is 2. The van der Waals surface area contributed by atoms with E-state index in [1.54, 1.807) is 0 Å². The van der Waals surface area contributed by atoms with Gasteiger partial charge in [0.05, 0.1) is 0 Å². The molecule has 0 N–H and O–H groups in total. The summed E-state index contributed by atoms with van der Waals surface area (Å²) in [6.07, 6.45) is 0. The lowest BCUT2D eigenvalue weighted by Crippen LogP contribution is -2.11. The maximum Gasteiger partial charge on any atom is 0.117 e. The minimum atomic E-state index is -1.23. The second-order valence-electron chi connectivity index (χ2n) is 4.40. The zero-order valence-corrected chi connectivity index (χ0v) is 15.7. The van der Waals surface area contributed by atoms with Crippen LogP contribution in [0, 0.1) is 13.8 Å². The number of rotatable bonds is 3. The first kappa shape index (κ1) is 16.8. The monoisotopic (exact) mass is 382 g/mol. The minimum absolute atomic E-state index is 0.948. The SMILES string of the molecule is Cc1cccc(P(Cl)Cl)c1-c1c(C)cccc1P(Cl)Cl. The number of hydrogen-bond acceptors (Lipinski definition) is 0. The molecule has 20 heavy (non-hydrogen) atoms. The van der Waals surface area contributed by atoms with Gasteiger partial charge in [0.2, 0.25) is 0 Å². The summed E-state index contributed by atoms with van der Waals surface area (Å²) in [5.41, 5.74) is 4.37. The van der Waals surface area contributed by atoms with Crippen molar-refractivity contribution in [1.29, 1.82) is 0 Å². The van der Waals surface area contributed by atoms with Crippen LogP contribution in [0.4, 0.5) is 0 Å². The maximum absolute atomic E-state index is 6.18. The number of halogens is 4. The summed E-state index contributed by atoms with van der Waals surface area (Å²) >= 11 is 24.7. The molecule has 0 nitrogen and oxygen atoms in total. The van der Waals surface area contributed by atoms with E-state index in [0.29, 0.717) is 0 Å². The molecule has 0 atom stereocenters. The molecule has 0 aliphatic rings. The summed E-state index contributed by atoms with van der Waals surface area (Å²) in [5.74, 6) is 0. The minimum Gasteiger partial charge on any atom is -0.0727 e. The fourth-order valence-corrected chi connectivity index (χ4v) is 5.24. The highest BCUT2D eigenvalue weighted by atomic mass is 35.9. The molecule has 0 aliphatic heterocycles. The fraction of sp³-hybridized carbons (Fsp3) is 0.143. The number of hydrogen-bond donors (Lipinski definition) is 0. The molecule has 0 heterocycles. The highest BCUT2D eigenvalue weighted by Crippen LogP contribution is 2.51. The lowest BCUT2D eigenvalue weighted by Gasteiger charge is -2.19. The normalized spacial score (nSPS) is 11.4. The molecule has 0 saturated carbocycles. The van der Waals surface area contributed by atoms with E-state index in [-0.39, 0.29) is 0 Å². The number of benzene rings is 2. The van der Waals surface area contributed by atoms with Crippen LogP contribution in [0.15, 0.2) is 36.4 Å². The van der Waals surface area contributed by atoms with Gasteiger partial charge in [-0.15, -0.1) is 0 Å². The van der Waals surface area contributed by atoms with Gasteiger partial charge in [-0.25, -0.2) is 0 Å². The van der Waals surface area contributed by atoms with Gasteiger partial charge in [0.1, 0.15) is 13.3 Å². The van der Waals surface area contributed by atoms with E-state index in [2.05, 4.69) is 0 Å². The van der Waals surface area contributed by atoms with Crippen LogP contribution in [0.25, 0.3) is 11.1 Å². The highest BCUT2D eigenvalue weighted by molar-refractivity contribution is 8.09. The molecule has 0 saturated heterocycles. The third-order valence-corrected chi connectivity index (χ3v) is 6.77. The Morgan fingerprint density at radius 1 is 0.650 bits per heavy atom. The molecule has 0 aromatic heterocycles. The first-order chi connectivity index (χ1) is 9.43. The van der Waals surface area contributed by atoms with Gasteiger partial charge in [0.15, 0.2) is 0 Å². The van der Waals surface area contributed by atoms with Crippen LogP contribution < -0.4 is 10.6 Å². The average molecular weight is 384 g/mol. The molecule has 0 unspecified atom stereocenters. The summed E-state index contributed by atoms with van der Waals surface area (Å²) in [4.78, 5) is 0. The summed E-state index contributed by atoms with van der Waals surface area (Å²) in [7, 11) is 0. The third-order valence-electron chi connectivity index (χ3n) is 3.12. The van der Waals surface area contributed by atoms with Crippen molar-refractivity contribution in [2.45, 2.75) is 13.8 Å². The van der Waals surface area contributed by atoms with Gasteiger partial charge >= 0.3 is 0 Å². The fourth-order valence-electron chi connectivity index (χ4n) is 2.24. The van der Waals surface area contributed by atoms with Crippen molar-refractivity contribution in [3.8, 4) is 11.1 Å². The maximum atomic E-state index is 6.18. The molecule has 2 aromatic rings. The summed E-state index contributed by atoms with van der Waals surface area (Å²) < 4.78 is 0. The van der Waals surface area contributed by atoms with Gasteiger partial charge in [-0.2, -0.15) is 0 Å². The van der Waals surface area contributed by atoms with Gasteiger partial charge in [-0.3, -0.25) is 0 Å². The molecular weight excluding hydrogens is 372 g/mol. The van der Waals surface area contributed by atoms with Crippen LogP contribution in [-0.2, 0) is 0 Å². The van der Waals surface area contributed by atoms with E-state index < -0.39 is 13.3 Å². The van der Waals surface area contributed by atoms with Crippen LogP contribution in [0.5, 0.6) is 0 Å². The second kappa shape index (κ2) is 7.15. The van der Waals surface area contributed by atoms with Crippen molar-refractivity contribution in [3.63, 3.8) is 0 Å². The Hall–Kier alpha value is 0.460. The van der Waals surface area contributed by atoms with E-state index >= 15 is 0 Å². The largest absolute Gasteiger partial charge is 0.117 e. The van der Waals surface area contributed by atoms with Crippen LogP contribution in [-0.4, -0.2) is 0 Å². The van der Waals surface area contributed by atoms with Crippen molar-refractivity contribution in [2.75, 3.05) is 0 Å². The molecule has 0 spiro atoms. The molecular formula is C14H12Cl4P2. The van der Waals surface area contributed by atoms with Gasteiger partial charge < -0.3 is 0 Å². The topological polar surface area (TPSA) is 0 Å². The molecule has 0 radical (unpaired) electrons. The lowest BCUT2D eigenvalue weighted by molar-refractivity contribution is 1.44. The average Bonchev–Trinajstić information content (AvgIpc) is 2.38. The van der Waals surface area contributed by atoms with Crippen molar-refractivity contribution >= 4 is 68.8 Å². The molecule has 0 fully saturated rings. The summed E-state index contributed by atoms with van der Waals surface area (Å²) in [6, 6.07) is 12.0. The third kappa shape index (κ3) is 3.44. The summed E-state index contributed by atoms with van der Waals surface area (Å²) in [6.45, 7) is 1.63. The zero-order chi connectivity index (χ0) is 14.9. The van der Waals surface area contributed by atoms with Crippen LogP contribution in [0.2, 0.25) is 0 Å². The van der Waals surface area contributed by atoms with Gasteiger partial charge in [0.25, 0.3) is 0 Å². The molecule has 0 aliphatic carbocycles. The first-order valence-electron chi connectivity index (χ1n) is 5.86. The second-order valence-corrected chi connectivity index (χ2v) is 11.4.